The SMILES string of the molecule is CCC(C)NC(=O)C(C)NC(C)C1CCCC1. The molecule has 1 aliphatic carbocycles. The summed E-state index contributed by atoms with van der Waals surface area (Å²) < 4.78 is 0. The first-order valence-corrected chi connectivity index (χ1v) is 7.11. The number of amides is 1. The lowest BCUT2D eigenvalue weighted by atomic mass is 9.99. The van der Waals surface area contributed by atoms with Gasteiger partial charge in [0.2, 0.25) is 5.91 Å². The van der Waals surface area contributed by atoms with Crippen molar-refractivity contribution in [1.82, 2.24) is 10.6 Å². The van der Waals surface area contributed by atoms with Gasteiger partial charge in [0.05, 0.1) is 6.04 Å². The molecular weight excluding hydrogens is 212 g/mol. The van der Waals surface area contributed by atoms with Gasteiger partial charge < -0.3 is 10.6 Å². The smallest absolute Gasteiger partial charge is 0.237 e. The summed E-state index contributed by atoms with van der Waals surface area (Å²) >= 11 is 0. The molecule has 0 saturated heterocycles. The molecule has 2 N–H and O–H groups in total. The highest BCUT2D eigenvalue weighted by atomic mass is 16.2. The van der Waals surface area contributed by atoms with Crippen molar-refractivity contribution in [2.75, 3.05) is 0 Å². The third-order valence-corrected chi connectivity index (χ3v) is 4.01. The number of hydrogen-bond acceptors (Lipinski definition) is 2. The Balaban J connectivity index is 2.31. The van der Waals surface area contributed by atoms with Gasteiger partial charge in [-0.15, -0.1) is 0 Å². The molecule has 3 nitrogen and oxygen atoms in total. The van der Waals surface area contributed by atoms with Crippen LogP contribution in [0, 0.1) is 5.92 Å². The fraction of sp³-hybridized carbons (Fsp3) is 0.929. The highest BCUT2D eigenvalue weighted by Gasteiger charge is 2.24. The van der Waals surface area contributed by atoms with Crippen molar-refractivity contribution >= 4 is 5.91 Å². The van der Waals surface area contributed by atoms with E-state index < -0.39 is 0 Å². The minimum atomic E-state index is -0.0837. The molecule has 3 atom stereocenters. The normalized spacial score (nSPS) is 22.1. The maximum Gasteiger partial charge on any atom is 0.237 e. The third-order valence-electron chi connectivity index (χ3n) is 4.01. The Bertz CT molecular complexity index is 236. The number of carbonyl (C=O) groups is 1. The van der Waals surface area contributed by atoms with Gasteiger partial charge in [-0.05, 0) is 46.0 Å². The Labute approximate surface area is 106 Å². The van der Waals surface area contributed by atoms with E-state index in [-0.39, 0.29) is 18.0 Å². The first-order chi connectivity index (χ1) is 8.04. The average Bonchev–Trinajstić information content (AvgIpc) is 2.82. The highest BCUT2D eigenvalue weighted by Crippen LogP contribution is 2.27. The van der Waals surface area contributed by atoms with Crippen molar-refractivity contribution < 1.29 is 4.79 Å². The molecule has 3 unspecified atom stereocenters. The zero-order chi connectivity index (χ0) is 12.8. The van der Waals surface area contributed by atoms with Crippen LogP contribution >= 0.6 is 0 Å². The van der Waals surface area contributed by atoms with E-state index in [2.05, 4.69) is 24.5 Å². The van der Waals surface area contributed by atoms with Crippen molar-refractivity contribution in [2.45, 2.75) is 77.9 Å². The van der Waals surface area contributed by atoms with Gasteiger partial charge in [0.15, 0.2) is 0 Å². The predicted octanol–water partition coefficient (Wildman–Crippen LogP) is 2.46. The zero-order valence-electron chi connectivity index (χ0n) is 11.8. The van der Waals surface area contributed by atoms with Gasteiger partial charge in [-0.25, -0.2) is 0 Å². The van der Waals surface area contributed by atoms with Crippen molar-refractivity contribution in [3.8, 4) is 0 Å². The molecule has 1 rings (SSSR count). The van der Waals surface area contributed by atoms with E-state index in [9.17, 15) is 4.79 Å². The average molecular weight is 240 g/mol. The molecule has 1 saturated carbocycles. The van der Waals surface area contributed by atoms with Crippen LogP contribution in [-0.4, -0.2) is 24.0 Å². The second-order valence-electron chi connectivity index (χ2n) is 5.54. The molecule has 0 bridgehead atoms. The second-order valence-corrected chi connectivity index (χ2v) is 5.54. The highest BCUT2D eigenvalue weighted by molar-refractivity contribution is 5.81. The molecule has 17 heavy (non-hydrogen) atoms. The lowest BCUT2D eigenvalue weighted by Gasteiger charge is -2.25. The van der Waals surface area contributed by atoms with Crippen molar-refractivity contribution in [3.05, 3.63) is 0 Å². The standard InChI is InChI=1S/C14H28N2O/c1-5-10(2)15-14(17)12(4)16-11(3)13-8-6-7-9-13/h10-13,16H,5-9H2,1-4H3,(H,15,17). The Morgan fingerprint density at radius 1 is 1.24 bits per heavy atom. The quantitative estimate of drug-likeness (QED) is 0.749. The predicted molar refractivity (Wildman–Crippen MR) is 71.9 cm³/mol. The van der Waals surface area contributed by atoms with Crippen LogP contribution < -0.4 is 10.6 Å². The Morgan fingerprint density at radius 2 is 1.82 bits per heavy atom. The first kappa shape index (κ1) is 14.5. The molecule has 1 aliphatic rings. The maximum absolute atomic E-state index is 11.9. The van der Waals surface area contributed by atoms with Gasteiger partial charge in [-0.3, -0.25) is 4.79 Å². The summed E-state index contributed by atoms with van der Waals surface area (Å²) in [6, 6.07) is 0.642. The van der Waals surface area contributed by atoms with Gasteiger partial charge >= 0.3 is 0 Å². The monoisotopic (exact) mass is 240 g/mol. The third kappa shape index (κ3) is 4.66. The fourth-order valence-corrected chi connectivity index (χ4v) is 2.53. The van der Waals surface area contributed by atoms with E-state index in [1.165, 1.54) is 25.7 Å². The summed E-state index contributed by atoms with van der Waals surface area (Å²) in [5.74, 6) is 0.887. The summed E-state index contributed by atoms with van der Waals surface area (Å²) in [6.07, 6.45) is 6.31. The topological polar surface area (TPSA) is 41.1 Å². The number of hydrogen-bond donors (Lipinski definition) is 2. The van der Waals surface area contributed by atoms with E-state index in [1.54, 1.807) is 0 Å². The van der Waals surface area contributed by atoms with Crippen molar-refractivity contribution in [3.63, 3.8) is 0 Å². The van der Waals surface area contributed by atoms with Crippen LogP contribution in [0.3, 0.4) is 0 Å². The van der Waals surface area contributed by atoms with Crippen molar-refractivity contribution in [2.24, 2.45) is 5.92 Å². The van der Waals surface area contributed by atoms with Crippen molar-refractivity contribution in [1.29, 1.82) is 0 Å². The molecule has 0 aromatic rings. The summed E-state index contributed by atoms with van der Waals surface area (Å²) in [5.41, 5.74) is 0. The molecule has 0 spiro atoms. The maximum atomic E-state index is 11.9. The van der Waals surface area contributed by atoms with Gasteiger partial charge in [-0.2, -0.15) is 0 Å². The van der Waals surface area contributed by atoms with Crippen LogP contribution in [0.5, 0.6) is 0 Å². The minimum Gasteiger partial charge on any atom is -0.352 e. The first-order valence-electron chi connectivity index (χ1n) is 7.11. The van der Waals surface area contributed by atoms with Crippen LogP contribution in [0.4, 0.5) is 0 Å². The summed E-state index contributed by atoms with van der Waals surface area (Å²) in [4.78, 5) is 11.9. The van der Waals surface area contributed by atoms with Crippen LogP contribution in [-0.2, 0) is 4.79 Å². The molecular formula is C14H28N2O. The van der Waals surface area contributed by atoms with Crippen LogP contribution in [0.1, 0.15) is 59.8 Å². The van der Waals surface area contributed by atoms with E-state index in [0.29, 0.717) is 6.04 Å². The molecule has 0 aromatic carbocycles. The summed E-state index contributed by atoms with van der Waals surface area (Å²) in [6.45, 7) is 8.31. The van der Waals surface area contributed by atoms with Gasteiger partial charge in [0.25, 0.3) is 0 Å². The van der Waals surface area contributed by atoms with Crippen LogP contribution in [0.15, 0.2) is 0 Å². The molecule has 0 heterocycles. The Kier molecular flexibility index (Phi) is 5.96. The number of nitrogens with one attached hydrogen (secondary N) is 2. The van der Waals surface area contributed by atoms with Crippen LogP contribution in [0.2, 0.25) is 0 Å². The Morgan fingerprint density at radius 3 is 2.35 bits per heavy atom. The number of carbonyl (C=O) groups excluding carboxylic acids is 1. The number of rotatable bonds is 6. The molecule has 0 radical (unpaired) electrons. The van der Waals surface area contributed by atoms with E-state index in [0.717, 1.165) is 12.3 Å². The minimum absolute atomic E-state index is 0.0837. The molecule has 1 amide bonds. The molecule has 0 aromatic heterocycles. The fourth-order valence-electron chi connectivity index (χ4n) is 2.53. The molecule has 1 fully saturated rings. The summed E-state index contributed by atoms with van der Waals surface area (Å²) in [5, 5.41) is 6.46. The zero-order valence-corrected chi connectivity index (χ0v) is 11.8. The Hall–Kier alpha value is -0.570. The lowest BCUT2D eigenvalue weighted by Crippen LogP contribution is -2.49. The summed E-state index contributed by atoms with van der Waals surface area (Å²) in [7, 11) is 0. The van der Waals surface area contributed by atoms with Gasteiger partial charge in [-0.1, -0.05) is 19.8 Å². The molecule has 0 aliphatic heterocycles. The largest absolute Gasteiger partial charge is 0.352 e. The van der Waals surface area contributed by atoms with Crippen LogP contribution in [0.25, 0.3) is 0 Å². The van der Waals surface area contributed by atoms with E-state index >= 15 is 0 Å². The second kappa shape index (κ2) is 7.00. The molecule has 100 valence electrons. The van der Waals surface area contributed by atoms with E-state index in [4.69, 9.17) is 0 Å². The van der Waals surface area contributed by atoms with E-state index in [1.807, 2.05) is 13.8 Å². The lowest BCUT2D eigenvalue weighted by molar-refractivity contribution is -0.123. The van der Waals surface area contributed by atoms with Gasteiger partial charge in [0.1, 0.15) is 0 Å². The molecule has 3 heteroatoms. The van der Waals surface area contributed by atoms with Gasteiger partial charge in [0, 0.05) is 12.1 Å².